The van der Waals surface area contributed by atoms with Crippen molar-refractivity contribution in [2.24, 2.45) is 0 Å². The molecule has 0 fully saturated rings. The van der Waals surface area contributed by atoms with Crippen LogP contribution in [0, 0.1) is 0 Å². The van der Waals surface area contributed by atoms with Gasteiger partial charge in [-0.25, -0.2) is 9.78 Å². The predicted octanol–water partition coefficient (Wildman–Crippen LogP) is 2.80. The Morgan fingerprint density at radius 3 is 2.29 bits per heavy atom. The van der Waals surface area contributed by atoms with Crippen LogP contribution in [0.4, 0.5) is 0 Å². The third-order valence-electron chi connectivity index (χ3n) is 2.94. The first-order valence-corrected chi connectivity index (χ1v) is 6.49. The second-order valence-electron chi connectivity index (χ2n) is 4.64. The maximum Gasteiger partial charge on any atom is 0.338 e. The van der Waals surface area contributed by atoms with Crippen molar-refractivity contribution in [3.05, 3.63) is 52.8 Å². The van der Waals surface area contributed by atoms with Gasteiger partial charge in [0.2, 0.25) is 0 Å². The van der Waals surface area contributed by atoms with Gasteiger partial charge >= 0.3 is 5.97 Å². The van der Waals surface area contributed by atoms with E-state index in [4.69, 9.17) is 16.7 Å². The molecule has 5 nitrogen and oxygen atoms in total. The molecule has 1 aromatic heterocycles. The lowest BCUT2D eigenvalue weighted by Crippen LogP contribution is -2.21. The van der Waals surface area contributed by atoms with Gasteiger partial charge in [0.15, 0.2) is 0 Å². The average molecular weight is 305 g/mol. The summed E-state index contributed by atoms with van der Waals surface area (Å²) in [7, 11) is 3.36. The highest BCUT2D eigenvalue weighted by atomic mass is 35.5. The van der Waals surface area contributed by atoms with Crippen molar-refractivity contribution in [1.29, 1.82) is 0 Å². The van der Waals surface area contributed by atoms with Crippen molar-refractivity contribution in [3.8, 4) is 11.1 Å². The van der Waals surface area contributed by atoms with E-state index in [0.717, 1.165) is 5.56 Å². The van der Waals surface area contributed by atoms with Crippen LogP contribution in [0.3, 0.4) is 0 Å². The SMILES string of the molecule is CN(C)C(=O)c1ccc(-c2cnc(Cl)c(C(=O)O)c2)cc1. The lowest BCUT2D eigenvalue weighted by Gasteiger charge is -2.10. The van der Waals surface area contributed by atoms with Crippen LogP contribution < -0.4 is 0 Å². The minimum Gasteiger partial charge on any atom is -0.478 e. The van der Waals surface area contributed by atoms with Gasteiger partial charge in [-0.3, -0.25) is 4.79 Å². The number of hydrogen-bond donors (Lipinski definition) is 1. The van der Waals surface area contributed by atoms with Gasteiger partial charge in [0.25, 0.3) is 5.91 Å². The van der Waals surface area contributed by atoms with Gasteiger partial charge in [-0.15, -0.1) is 0 Å². The Morgan fingerprint density at radius 1 is 1.14 bits per heavy atom. The highest BCUT2D eigenvalue weighted by Gasteiger charge is 2.12. The Kier molecular flexibility index (Phi) is 4.23. The summed E-state index contributed by atoms with van der Waals surface area (Å²) < 4.78 is 0. The Morgan fingerprint density at radius 2 is 1.76 bits per heavy atom. The van der Waals surface area contributed by atoms with E-state index in [2.05, 4.69) is 4.98 Å². The molecular formula is C15H13ClN2O3. The third-order valence-corrected chi connectivity index (χ3v) is 3.24. The molecule has 0 bridgehead atoms. The number of carboxylic acid groups (broad SMARTS) is 1. The molecule has 108 valence electrons. The molecule has 1 amide bonds. The summed E-state index contributed by atoms with van der Waals surface area (Å²) in [5.74, 6) is -1.23. The number of hydrogen-bond acceptors (Lipinski definition) is 3. The van der Waals surface area contributed by atoms with Gasteiger partial charge in [0.05, 0.1) is 5.56 Å². The largest absolute Gasteiger partial charge is 0.478 e. The maximum atomic E-state index is 11.8. The number of nitrogens with zero attached hydrogens (tertiary/aromatic N) is 2. The van der Waals surface area contributed by atoms with E-state index in [0.29, 0.717) is 11.1 Å². The summed E-state index contributed by atoms with van der Waals surface area (Å²) in [6.07, 6.45) is 1.50. The molecule has 2 rings (SSSR count). The van der Waals surface area contributed by atoms with E-state index in [9.17, 15) is 9.59 Å². The molecule has 1 N–H and O–H groups in total. The van der Waals surface area contributed by atoms with Crippen molar-refractivity contribution in [1.82, 2.24) is 9.88 Å². The fourth-order valence-electron chi connectivity index (χ4n) is 1.82. The summed E-state index contributed by atoms with van der Waals surface area (Å²) in [6.45, 7) is 0. The number of pyridine rings is 1. The zero-order chi connectivity index (χ0) is 15.6. The number of carboxylic acids is 1. The van der Waals surface area contributed by atoms with E-state index in [1.54, 1.807) is 38.4 Å². The fourth-order valence-corrected chi connectivity index (χ4v) is 2.00. The second kappa shape index (κ2) is 5.93. The molecule has 0 aliphatic carbocycles. The first-order valence-electron chi connectivity index (χ1n) is 6.11. The minimum absolute atomic E-state index is 0.0503. The number of benzene rings is 1. The quantitative estimate of drug-likeness (QED) is 0.885. The summed E-state index contributed by atoms with van der Waals surface area (Å²) in [4.78, 5) is 28.2. The lowest BCUT2D eigenvalue weighted by atomic mass is 10.0. The Labute approximate surface area is 126 Å². The summed E-state index contributed by atoms with van der Waals surface area (Å²) in [5.41, 5.74) is 1.89. The monoisotopic (exact) mass is 304 g/mol. The maximum absolute atomic E-state index is 11.8. The smallest absolute Gasteiger partial charge is 0.338 e. The van der Waals surface area contributed by atoms with Crippen LogP contribution in [0.1, 0.15) is 20.7 Å². The Balaban J connectivity index is 2.37. The first-order chi connectivity index (χ1) is 9.90. The second-order valence-corrected chi connectivity index (χ2v) is 5.00. The normalized spacial score (nSPS) is 10.2. The lowest BCUT2D eigenvalue weighted by molar-refractivity contribution is 0.0696. The molecule has 0 radical (unpaired) electrons. The van der Waals surface area contributed by atoms with Crippen molar-refractivity contribution in [2.45, 2.75) is 0 Å². The topological polar surface area (TPSA) is 70.5 Å². The Bertz CT molecular complexity index is 697. The molecule has 0 aliphatic heterocycles. The minimum atomic E-state index is -1.13. The Hall–Kier alpha value is -2.40. The van der Waals surface area contributed by atoms with E-state index in [-0.39, 0.29) is 16.6 Å². The summed E-state index contributed by atoms with van der Waals surface area (Å²) in [5, 5.41) is 8.99. The molecule has 0 saturated carbocycles. The number of aromatic nitrogens is 1. The molecule has 1 heterocycles. The highest BCUT2D eigenvalue weighted by molar-refractivity contribution is 6.32. The van der Waals surface area contributed by atoms with Crippen molar-refractivity contribution < 1.29 is 14.7 Å². The fraction of sp³-hybridized carbons (Fsp3) is 0.133. The number of carbonyl (C=O) groups is 2. The number of rotatable bonds is 3. The van der Waals surface area contributed by atoms with Crippen LogP contribution in [0.2, 0.25) is 5.15 Å². The van der Waals surface area contributed by atoms with Crippen molar-refractivity contribution in [2.75, 3.05) is 14.1 Å². The summed E-state index contributed by atoms with van der Waals surface area (Å²) >= 11 is 5.74. The molecule has 0 spiro atoms. The van der Waals surface area contributed by atoms with Gasteiger partial charge in [-0.2, -0.15) is 0 Å². The van der Waals surface area contributed by atoms with Crippen LogP contribution in [0.25, 0.3) is 11.1 Å². The standard InChI is InChI=1S/C15H13ClN2O3/c1-18(2)14(19)10-5-3-9(4-6-10)11-7-12(15(20)21)13(16)17-8-11/h3-8H,1-2H3,(H,20,21). The molecule has 0 aliphatic rings. The van der Waals surface area contributed by atoms with Gasteiger partial charge in [0.1, 0.15) is 5.15 Å². The number of carbonyl (C=O) groups excluding carboxylic acids is 1. The highest BCUT2D eigenvalue weighted by Crippen LogP contribution is 2.23. The van der Waals surface area contributed by atoms with Gasteiger partial charge < -0.3 is 10.0 Å². The van der Waals surface area contributed by atoms with Crippen LogP contribution in [-0.2, 0) is 0 Å². The van der Waals surface area contributed by atoms with E-state index < -0.39 is 5.97 Å². The first kappa shape index (κ1) is 15.0. The average Bonchev–Trinajstić information content (AvgIpc) is 2.46. The van der Waals surface area contributed by atoms with E-state index in [1.807, 2.05) is 0 Å². The summed E-state index contributed by atoms with van der Waals surface area (Å²) in [6, 6.07) is 8.32. The molecule has 1 aromatic carbocycles. The van der Waals surface area contributed by atoms with E-state index in [1.165, 1.54) is 17.2 Å². The molecule has 0 unspecified atom stereocenters. The molecule has 0 saturated heterocycles. The number of halogens is 1. The van der Waals surface area contributed by atoms with Gasteiger partial charge in [-0.1, -0.05) is 23.7 Å². The number of amides is 1. The zero-order valence-corrected chi connectivity index (χ0v) is 12.3. The molecule has 6 heteroatoms. The zero-order valence-electron chi connectivity index (χ0n) is 11.5. The van der Waals surface area contributed by atoms with Crippen LogP contribution >= 0.6 is 11.6 Å². The number of aromatic carboxylic acids is 1. The van der Waals surface area contributed by atoms with Crippen LogP contribution in [0.5, 0.6) is 0 Å². The predicted molar refractivity (Wildman–Crippen MR) is 79.7 cm³/mol. The molecular weight excluding hydrogens is 292 g/mol. The molecule has 0 atom stereocenters. The van der Waals surface area contributed by atoms with Crippen LogP contribution in [-0.4, -0.2) is 41.0 Å². The van der Waals surface area contributed by atoms with Gasteiger partial charge in [-0.05, 0) is 23.8 Å². The third kappa shape index (κ3) is 3.20. The van der Waals surface area contributed by atoms with Crippen molar-refractivity contribution in [3.63, 3.8) is 0 Å². The van der Waals surface area contributed by atoms with Gasteiger partial charge in [0, 0.05) is 31.4 Å². The van der Waals surface area contributed by atoms with Crippen LogP contribution in [0.15, 0.2) is 36.5 Å². The molecule has 2 aromatic rings. The molecule has 21 heavy (non-hydrogen) atoms. The van der Waals surface area contributed by atoms with Crippen molar-refractivity contribution >= 4 is 23.5 Å². The van der Waals surface area contributed by atoms with E-state index >= 15 is 0 Å².